The van der Waals surface area contributed by atoms with E-state index in [9.17, 15) is 23.1 Å². The van der Waals surface area contributed by atoms with Gasteiger partial charge >= 0.3 is 5.97 Å². The average molecular weight is 457 g/mol. The van der Waals surface area contributed by atoms with Crippen LogP contribution in [0.25, 0.3) is 0 Å². The van der Waals surface area contributed by atoms with E-state index in [1.807, 2.05) is 20.8 Å². The molecular weight excluding hydrogens is 420 g/mol. The van der Waals surface area contributed by atoms with Crippen LogP contribution in [0.3, 0.4) is 0 Å². The highest BCUT2D eigenvalue weighted by molar-refractivity contribution is 7.86. The van der Waals surface area contributed by atoms with E-state index in [0.717, 1.165) is 25.5 Å². The van der Waals surface area contributed by atoms with E-state index in [1.54, 1.807) is 6.08 Å². The van der Waals surface area contributed by atoms with Crippen molar-refractivity contribution >= 4 is 21.9 Å². The molecule has 0 spiro atoms. The number of aliphatic hydroxyl groups excluding tert-OH is 1. The molecule has 2 bridgehead atoms. The fourth-order valence-corrected chi connectivity index (χ4v) is 7.16. The van der Waals surface area contributed by atoms with Crippen LogP contribution in [0.1, 0.15) is 59.8 Å². The topological polar surface area (TPSA) is 107 Å². The molecular formula is C23H36O7S. The zero-order valence-corrected chi connectivity index (χ0v) is 20.0. The van der Waals surface area contributed by atoms with E-state index >= 15 is 0 Å². The van der Waals surface area contributed by atoms with E-state index in [2.05, 4.69) is 17.7 Å². The lowest BCUT2D eigenvalue weighted by Gasteiger charge is -2.61. The summed E-state index contributed by atoms with van der Waals surface area (Å²) >= 11 is 0. The molecule has 0 unspecified atom stereocenters. The van der Waals surface area contributed by atoms with Crippen molar-refractivity contribution in [3.05, 3.63) is 12.7 Å². The van der Waals surface area contributed by atoms with Gasteiger partial charge in [0.2, 0.25) is 0 Å². The third-order valence-electron chi connectivity index (χ3n) is 8.97. The summed E-state index contributed by atoms with van der Waals surface area (Å²) in [7, 11) is -3.79. The highest BCUT2D eigenvalue weighted by Gasteiger charge is 2.68. The number of carbonyl (C=O) groups excluding carboxylic acids is 2. The SMILES string of the molecule is C=C[C@]1(C)C[C@@H](OC(=O)COS(C)(=O)=O)[C@]2(C)[C@H](C)CC[C@]3(CCC(=O)[C@H]32)[C@@H](C)[C@@H]1O. The maximum atomic E-state index is 13.3. The van der Waals surface area contributed by atoms with Crippen LogP contribution in [0.5, 0.6) is 0 Å². The van der Waals surface area contributed by atoms with Crippen molar-refractivity contribution in [2.45, 2.75) is 72.0 Å². The Morgan fingerprint density at radius 1 is 1.29 bits per heavy atom. The molecule has 0 aromatic rings. The van der Waals surface area contributed by atoms with Crippen LogP contribution >= 0.6 is 0 Å². The lowest BCUT2D eigenvalue weighted by atomic mass is 9.44. The lowest BCUT2D eigenvalue weighted by Crippen LogP contribution is -2.63. The Morgan fingerprint density at radius 3 is 2.52 bits per heavy atom. The van der Waals surface area contributed by atoms with Crippen LogP contribution in [-0.4, -0.2) is 50.3 Å². The molecule has 0 saturated heterocycles. The molecule has 8 heteroatoms. The first kappa shape index (κ1) is 24.4. The first-order valence-corrected chi connectivity index (χ1v) is 12.9. The van der Waals surface area contributed by atoms with Gasteiger partial charge in [0.05, 0.1) is 12.4 Å². The minimum absolute atomic E-state index is 0.107. The summed E-state index contributed by atoms with van der Waals surface area (Å²) < 4.78 is 33.1. The second-order valence-electron chi connectivity index (χ2n) is 10.5. The fourth-order valence-electron chi connectivity index (χ4n) is 6.85. The molecule has 7 nitrogen and oxygen atoms in total. The number of ether oxygens (including phenoxy) is 1. The standard InChI is InChI=1S/C23H36O7S/c1-7-21(4)12-17(30-18(25)13-29-31(6,27)28)22(5)14(2)8-10-23(15(3)20(21)26)11-9-16(24)19(22)23/h7,14-15,17,19-20,26H,1,8-13H2,2-6H3/t14-,15+,17-,19+,20+,21-,22+,23+/m1/s1. The van der Waals surface area contributed by atoms with Gasteiger partial charge in [-0.2, -0.15) is 8.42 Å². The van der Waals surface area contributed by atoms with Crippen molar-refractivity contribution in [1.82, 2.24) is 0 Å². The second kappa shape index (κ2) is 7.96. The minimum Gasteiger partial charge on any atom is -0.460 e. The average Bonchev–Trinajstić information content (AvgIpc) is 3.05. The third-order valence-corrected chi connectivity index (χ3v) is 9.51. The maximum absolute atomic E-state index is 13.3. The molecule has 1 N–H and O–H groups in total. The number of hydrogen-bond acceptors (Lipinski definition) is 7. The molecule has 3 rings (SSSR count). The van der Waals surface area contributed by atoms with Crippen LogP contribution in [0.15, 0.2) is 12.7 Å². The van der Waals surface area contributed by atoms with Crippen molar-refractivity contribution in [2.24, 2.45) is 34.0 Å². The zero-order valence-electron chi connectivity index (χ0n) is 19.2. The third kappa shape index (κ3) is 3.89. The predicted octanol–water partition coefficient (Wildman–Crippen LogP) is 2.87. The summed E-state index contributed by atoms with van der Waals surface area (Å²) in [5.41, 5.74) is -1.72. The first-order chi connectivity index (χ1) is 14.2. The first-order valence-electron chi connectivity index (χ1n) is 11.1. The van der Waals surface area contributed by atoms with Gasteiger partial charge in [0.1, 0.15) is 11.9 Å². The lowest BCUT2D eigenvalue weighted by molar-refractivity contribution is -0.207. The predicted molar refractivity (Wildman–Crippen MR) is 115 cm³/mol. The largest absolute Gasteiger partial charge is 0.460 e. The Kier molecular flexibility index (Phi) is 6.26. The summed E-state index contributed by atoms with van der Waals surface area (Å²) in [6, 6.07) is 0. The molecule has 0 aliphatic heterocycles. The number of Topliss-reactive ketones (excluding diaryl/α,β-unsaturated/α-hetero) is 1. The number of esters is 1. The van der Waals surface area contributed by atoms with Crippen molar-refractivity contribution < 1.29 is 32.0 Å². The quantitative estimate of drug-likeness (QED) is 0.385. The summed E-state index contributed by atoms with van der Waals surface area (Å²) in [5.74, 6) is -0.943. The molecule has 0 radical (unpaired) electrons. The van der Waals surface area contributed by atoms with Gasteiger partial charge in [0, 0.05) is 23.2 Å². The van der Waals surface area contributed by atoms with Crippen LogP contribution in [-0.2, 0) is 28.6 Å². The molecule has 3 fully saturated rings. The van der Waals surface area contributed by atoms with Crippen LogP contribution < -0.4 is 0 Å². The van der Waals surface area contributed by atoms with Gasteiger partial charge in [-0.05, 0) is 42.9 Å². The molecule has 3 aliphatic rings. The molecule has 176 valence electrons. The Balaban J connectivity index is 2.08. The van der Waals surface area contributed by atoms with Gasteiger partial charge in [-0.3, -0.25) is 8.98 Å². The smallest absolute Gasteiger partial charge is 0.333 e. The Labute approximate surface area is 185 Å². The number of ketones is 1. The summed E-state index contributed by atoms with van der Waals surface area (Å²) in [6.07, 6.45) is 4.37. The molecule has 0 aromatic heterocycles. The number of hydrogen-bond donors (Lipinski definition) is 1. The Hall–Kier alpha value is -1.25. The van der Waals surface area contributed by atoms with E-state index in [4.69, 9.17) is 4.74 Å². The normalized spacial score (nSPS) is 45.4. The maximum Gasteiger partial charge on any atom is 0.333 e. The Morgan fingerprint density at radius 2 is 1.94 bits per heavy atom. The van der Waals surface area contributed by atoms with Gasteiger partial charge in [-0.1, -0.05) is 33.8 Å². The van der Waals surface area contributed by atoms with E-state index in [-0.39, 0.29) is 29.0 Å². The van der Waals surface area contributed by atoms with Gasteiger partial charge in [-0.25, -0.2) is 4.79 Å². The van der Waals surface area contributed by atoms with Gasteiger partial charge in [-0.15, -0.1) is 6.58 Å². The summed E-state index contributed by atoms with van der Waals surface area (Å²) in [5, 5.41) is 11.4. The van der Waals surface area contributed by atoms with Crippen molar-refractivity contribution in [1.29, 1.82) is 0 Å². The zero-order chi connectivity index (χ0) is 23.4. The number of carbonyl (C=O) groups is 2. The van der Waals surface area contributed by atoms with E-state index in [0.29, 0.717) is 12.8 Å². The minimum atomic E-state index is -3.79. The highest BCUT2D eigenvalue weighted by Crippen LogP contribution is 2.67. The van der Waals surface area contributed by atoms with Gasteiger partial charge in [0.15, 0.2) is 6.61 Å². The van der Waals surface area contributed by atoms with E-state index < -0.39 is 45.7 Å². The molecule has 3 aliphatic carbocycles. The van der Waals surface area contributed by atoms with Crippen molar-refractivity contribution in [3.63, 3.8) is 0 Å². The van der Waals surface area contributed by atoms with Crippen molar-refractivity contribution in [3.8, 4) is 0 Å². The molecule has 8 atom stereocenters. The summed E-state index contributed by atoms with van der Waals surface area (Å²) in [6.45, 7) is 11.3. The van der Waals surface area contributed by atoms with Gasteiger partial charge in [0.25, 0.3) is 10.1 Å². The van der Waals surface area contributed by atoms with Crippen molar-refractivity contribution in [2.75, 3.05) is 12.9 Å². The second-order valence-corrected chi connectivity index (χ2v) is 12.2. The number of rotatable bonds is 5. The molecule has 0 amide bonds. The fraction of sp³-hybridized carbons (Fsp3) is 0.826. The Bertz CT molecular complexity index is 867. The van der Waals surface area contributed by atoms with E-state index in [1.165, 1.54) is 0 Å². The molecule has 3 saturated carbocycles. The van der Waals surface area contributed by atoms with Crippen LogP contribution in [0.4, 0.5) is 0 Å². The monoisotopic (exact) mass is 456 g/mol. The summed E-state index contributed by atoms with van der Waals surface area (Å²) in [4.78, 5) is 25.9. The van der Waals surface area contributed by atoms with Crippen LogP contribution in [0.2, 0.25) is 0 Å². The van der Waals surface area contributed by atoms with Crippen LogP contribution in [0, 0.1) is 34.0 Å². The molecule has 0 heterocycles. The molecule has 0 aromatic carbocycles. The number of aliphatic hydroxyl groups is 1. The molecule has 31 heavy (non-hydrogen) atoms. The highest BCUT2D eigenvalue weighted by atomic mass is 32.2. The van der Waals surface area contributed by atoms with Gasteiger partial charge < -0.3 is 9.84 Å².